The van der Waals surface area contributed by atoms with Gasteiger partial charge in [-0.05, 0) is 48.0 Å². The van der Waals surface area contributed by atoms with E-state index in [1.165, 1.54) is 13.2 Å². The van der Waals surface area contributed by atoms with Crippen molar-refractivity contribution in [2.24, 2.45) is 9.39 Å². The third-order valence-corrected chi connectivity index (χ3v) is 6.95. The van der Waals surface area contributed by atoms with Crippen LogP contribution in [0.5, 0.6) is 23.0 Å². The third kappa shape index (κ3) is 5.94. The molecule has 4 rings (SSSR count). The maximum absolute atomic E-state index is 12.6. The summed E-state index contributed by atoms with van der Waals surface area (Å²) in [5, 5.41) is 8.14. The molecule has 0 unspecified atom stereocenters. The first-order valence-electron chi connectivity index (χ1n) is 11.0. The molecule has 2 aromatic carbocycles. The molecule has 2 aliphatic rings. The number of nitrogens with zero attached hydrogens (tertiary/aromatic N) is 3. The number of fused-ring (bicyclic) bond motifs is 1. The van der Waals surface area contributed by atoms with Crippen LogP contribution in [0.3, 0.4) is 0 Å². The average Bonchev–Trinajstić information content (AvgIpc) is 3.32. The Hall–Kier alpha value is -3.84. The highest BCUT2D eigenvalue weighted by molar-refractivity contribution is 8.16. The minimum Gasteiger partial charge on any atom is -0.497 e. The fourth-order valence-corrected chi connectivity index (χ4v) is 5.25. The van der Waals surface area contributed by atoms with Crippen LogP contribution in [-0.4, -0.2) is 69.1 Å². The van der Waals surface area contributed by atoms with Crippen molar-refractivity contribution in [1.82, 2.24) is 4.90 Å². The van der Waals surface area contributed by atoms with Crippen LogP contribution in [0.25, 0.3) is 6.08 Å². The number of carbonyl (C=O) groups is 1. The van der Waals surface area contributed by atoms with Crippen molar-refractivity contribution in [2.75, 3.05) is 33.7 Å². The zero-order chi connectivity index (χ0) is 26.6. The van der Waals surface area contributed by atoms with Crippen LogP contribution in [-0.2, 0) is 14.6 Å². The van der Waals surface area contributed by atoms with Crippen molar-refractivity contribution in [3.8, 4) is 23.0 Å². The van der Waals surface area contributed by atoms with Gasteiger partial charge in [0.25, 0.3) is 5.91 Å². The Morgan fingerprint density at radius 1 is 1.00 bits per heavy atom. The summed E-state index contributed by atoms with van der Waals surface area (Å²) >= 11 is 0.742. The summed E-state index contributed by atoms with van der Waals surface area (Å²) in [6.45, 7) is 0.840. The smallest absolute Gasteiger partial charge is 0.283 e. The van der Waals surface area contributed by atoms with Gasteiger partial charge >= 0.3 is 0 Å². The van der Waals surface area contributed by atoms with Gasteiger partial charge in [0, 0.05) is 12.7 Å². The van der Waals surface area contributed by atoms with E-state index in [4.69, 9.17) is 24.4 Å². The van der Waals surface area contributed by atoms with E-state index in [-0.39, 0.29) is 21.7 Å². The lowest BCUT2D eigenvalue weighted by molar-refractivity contribution is -0.114. The fraction of sp³-hybridized carbons (Fsp3) is 0.250. The van der Waals surface area contributed by atoms with E-state index in [1.54, 1.807) is 25.3 Å². The highest BCUT2D eigenvalue weighted by atomic mass is 32.2. The lowest BCUT2D eigenvalue weighted by atomic mass is 10.1. The van der Waals surface area contributed by atoms with E-state index < -0.39 is 15.7 Å². The molecule has 2 aromatic rings. The predicted molar refractivity (Wildman–Crippen MR) is 141 cm³/mol. The van der Waals surface area contributed by atoms with Gasteiger partial charge in [0.2, 0.25) is 20.2 Å². The van der Waals surface area contributed by atoms with Gasteiger partial charge in [0.05, 0.1) is 45.0 Å². The van der Waals surface area contributed by atoms with Gasteiger partial charge < -0.3 is 18.9 Å². The van der Waals surface area contributed by atoms with Crippen molar-refractivity contribution < 1.29 is 32.2 Å². The zero-order valence-electron chi connectivity index (χ0n) is 20.3. The van der Waals surface area contributed by atoms with Crippen molar-refractivity contribution >= 4 is 49.9 Å². The van der Waals surface area contributed by atoms with Gasteiger partial charge in [-0.25, -0.2) is 13.3 Å². The SMILES string of the molecule is COc1ccc(OCCCOc2ccc(/C=C3/C(=N)N4C(=NC3=O)SN=C4S(C)(=O)=O)cc2OC)cc1. The fourth-order valence-electron chi connectivity index (χ4n) is 3.40. The lowest BCUT2D eigenvalue weighted by Crippen LogP contribution is -2.45. The van der Waals surface area contributed by atoms with Crippen LogP contribution in [0.15, 0.2) is 57.4 Å². The molecular weight excluding hydrogens is 520 g/mol. The molecular formula is C24H24N4O7S2. The summed E-state index contributed by atoms with van der Waals surface area (Å²) in [7, 11) is -0.626. The molecule has 0 saturated heterocycles. The Labute approximate surface area is 218 Å². The molecule has 0 bridgehead atoms. The number of aliphatic imine (C=N–C) groups is 1. The zero-order valence-corrected chi connectivity index (χ0v) is 21.9. The molecule has 0 atom stereocenters. The van der Waals surface area contributed by atoms with Crippen molar-refractivity contribution in [3.63, 3.8) is 0 Å². The van der Waals surface area contributed by atoms with Gasteiger partial charge in [-0.1, -0.05) is 6.07 Å². The summed E-state index contributed by atoms with van der Waals surface area (Å²) in [5.74, 6) is 1.44. The maximum Gasteiger partial charge on any atom is 0.283 e. The number of rotatable bonds is 9. The predicted octanol–water partition coefficient (Wildman–Crippen LogP) is 3.17. The number of ether oxygens (including phenoxy) is 4. The van der Waals surface area contributed by atoms with Gasteiger partial charge in [-0.15, -0.1) is 0 Å². The highest BCUT2D eigenvalue weighted by Gasteiger charge is 2.41. The minimum absolute atomic E-state index is 0.0323. The second kappa shape index (κ2) is 11.0. The quantitative estimate of drug-likeness (QED) is 0.286. The number of hydrogen-bond acceptors (Lipinski definition) is 10. The monoisotopic (exact) mass is 544 g/mol. The van der Waals surface area contributed by atoms with Crippen LogP contribution in [0.4, 0.5) is 0 Å². The van der Waals surface area contributed by atoms with Crippen LogP contribution in [0.1, 0.15) is 12.0 Å². The Morgan fingerprint density at radius 3 is 2.38 bits per heavy atom. The van der Waals surface area contributed by atoms with Gasteiger partial charge in [-0.2, -0.15) is 9.39 Å². The van der Waals surface area contributed by atoms with Crippen LogP contribution >= 0.6 is 11.9 Å². The first kappa shape index (κ1) is 26.2. The summed E-state index contributed by atoms with van der Waals surface area (Å²) in [5.41, 5.74) is 0.470. The largest absolute Gasteiger partial charge is 0.497 e. The molecule has 11 nitrogen and oxygen atoms in total. The maximum atomic E-state index is 12.6. The van der Waals surface area contributed by atoms with E-state index in [1.807, 2.05) is 24.3 Å². The first-order chi connectivity index (χ1) is 17.7. The molecule has 13 heteroatoms. The summed E-state index contributed by atoms with van der Waals surface area (Å²) in [6, 6.07) is 12.3. The summed E-state index contributed by atoms with van der Waals surface area (Å²) in [6.07, 6.45) is 3.06. The third-order valence-electron chi connectivity index (χ3n) is 5.20. The van der Waals surface area contributed by atoms with E-state index in [2.05, 4.69) is 9.39 Å². The number of nitrogens with one attached hydrogen (secondary N) is 1. The molecule has 37 heavy (non-hydrogen) atoms. The molecule has 0 fully saturated rings. The molecule has 0 spiro atoms. The second-order valence-electron chi connectivity index (χ2n) is 7.82. The number of hydrogen-bond donors (Lipinski definition) is 1. The normalized spacial score (nSPS) is 16.3. The number of benzene rings is 2. The summed E-state index contributed by atoms with van der Waals surface area (Å²) in [4.78, 5) is 17.5. The standard InChI is InChI=1S/C24H24N4O7S2/c1-32-16-6-8-17(9-7-16)34-11-4-12-35-19-10-5-15(14-20(19)33-2)13-18-21(25)28-23(26-22(18)29)36-27-24(28)37(3,30)31/h5-10,13-14,25H,4,11-12H2,1-3H3/b18-13-,25-21?. The van der Waals surface area contributed by atoms with E-state index in [9.17, 15) is 13.2 Å². The van der Waals surface area contributed by atoms with E-state index >= 15 is 0 Å². The van der Waals surface area contributed by atoms with Crippen molar-refractivity contribution in [1.29, 1.82) is 5.41 Å². The van der Waals surface area contributed by atoms with E-state index in [0.29, 0.717) is 36.7 Å². The number of amides is 1. The number of sulfone groups is 1. The second-order valence-corrected chi connectivity index (χ2v) is 10.5. The molecule has 0 saturated carbocycles. The van der Waals surface area contributed by atoms with Gasteiger partial charge in [-0.3, -0.25) is 10.2 Å². The topological polar surface area (TPSA) is 140 Å². The Kier molecular flexibility index (Phi) is 7.83. The van der Waals surface area contributed by atoms with Crippen LogP contribution in [0, 0.1) is 5.41 Å². The number of carbonyl (C=O) groups excluding carboxylic acids is 1. The Morgan fingerprint density at radius 2 is 1.70 bits per heavy atom. The molecule has 2 aliphatic heterocycles. The summed E-state index contributed by atoms with van der Waals surface area (Å²) < 4.78 is 50.0. The number of amidine groups is 3. The molecule has 0 radical (unpaired) electrons. The van der Waals surface area contributed by atoms with E-state index in [0.717, 1.165) is 34.6 Å². The molecule has 0 aromatic heterocycles. The van der Waals surface area contributed by atoms with Crippen LogP contribution in [0.2, 0.25) is 0 Å². The Bertz CT molecular complexity index is 1420. The van der Waals surface area contributed by atoms with Crippen molar-refractivity contribution in [2.45, 2.75) is 6.42 Å². The minimum atomic E-state index is -3.72. The average molecular weight is 545 g/mol. The highest BCUT2D eigenvalue weighted by Crippen LogP contribution is 2.32. The van der Waals surface area contributed by atoms with Crippen LogP contribution < -0.4 is 18.9 Å². The van der Waals surface area contributed by atoms with Gasteiger partial charge in [0.1, 0.15) is 17.3 Å². The molecule has 1 amide bonds. The lowest BCUT2D eigenvalue weighted by Gasteiger charge is -2.23. The number of methoxy groups -OCH3 is 2. The molecule has 0 aliphatic carbocycles. The molecule has 2 heterocycles. The van der Waals surface area contributed by atoms with Crippen molar-refractivity contribution in [3.05, 3.63) is 53.6 Å². The molecule has 1 N–H and O–H groups in total. The Balaban J connectivity index is 1.41. The first-order valence-corrected chi connectivity index (χ1v) is 13.6. The van der Waals surface area contributed by atoms with Gasteiger partial charge in [0.15, 0.2) is 11.5 Å². The molecule has 194 valence electrons.